The molecule has 0 bridgehead atoms. The fraction of sp³-hybridized carbons (Fsp3) is 0.579. The summed E-state index contributed by atoms with van der Waals surface area (Å²) >= 11 is 0. The molecular formula is C19H27N3O5. The highest BCUT2D eigenvalue weighted by Gasteiger charge is 2.58. The van der Waals surface area contributed by atoms with Gasteiger partial charge in [0.05, 0.1) is 17.6 Å². The molecule has 0 radical (unpaired) electrons. The summed E-state index contributed by atoms with van der Waals surface area (Å²) in [5.41, 5.74) is -0.130. The van der Waals surface area contributed by atoms with Crippen molar-refractivity contribution in [1.82, 2.24) is 10.6 Å². The quantitative estimate of drug-likeness (QED) is 0.533. The fourth-order valence-electron chi connectivity index (χ4n) is 4.34. The Balaban J connectivity index is 1.95. The van der Waals surface area contributed by atoms with Crippen LogP contribution in [0.4, 0.5) is 5.69 Å². The first-order valence-corrected chi connectivity index (χ1v) is 9.15. The van der Waals surface area contributed by atoms with E-state index in [1.54, 1.807) is 7.11 Å². The Morgan fingerprint density at radius 1 is 1.30 bits per heavy atom. The third-order valence-corrected chi connectivity index (χ3v) is 5.80. The number of carbonyl (C=O) groups is 2. The summed E-state index contributed by atoms with van der Waals surface area (Å²) in [4.78, 5) is 34.7. The Labute approximate surface area is 158 Å². The minimum atomic E-state index is -0.567. The summed E-state index contributed by atoms with van der Waals surface area (Å²) in [5, 5.41) is 16.3. The van der Waals surface area contributed by atoms with Gasteiger partial charge >= 0.3 is 0 Å². The lowest BCUT2D eigenvalue weighted by molar-refractivity contribution is -0.384. The SMILES string of the molecule is CCC1(CC)C(NC(=O)CNC(=O)c2cccc([N+](=O)[O-])c2)C(C)C1OC. The summed E-state index contributed by atoms with van der Waals surface area (Å²) in [6.45, 7) is 6.03. The van der Waals surface area contributed by atoms with Crippen molar-refractivity contribution < 1.29 is 19.2 Å². The van der Waals surface area contributed by atoms with Crippen LogP contribution < -0.4 is 10.6 Å². The van der Waals surface area contributed by atoms with E-state index in [4.69, 9.17) is 4.74 Å². The summed E-state index contributed by atoms with van der Waals surface area (Å²) < 4.78 is 5.62. The van der Waals surface area contributed by atoms with Gasteiger partial charge in [0.15, 0.2) is 0 Å². The number of nitro benzene ring substituents is 1. The second-order valence-electron chi connectivity index (χ2n) is 6.99. The van der Waals surface area contributed by atoms with Gasteiger partial charge in [-0.05, 0) is 18.9 Å². The van der Waals surface area contributed by atoms with E-state index < -0.39 is 10.8 Å². The van der Waals surface area contributed by atoms with Crippen molar-refractivity contribution in [2.45, 2.75) is 45.8 Å². The van der Waals surface area contributed by atoms with Gasteiger partial charge in [-0.15, -0.1) is 0 Å². The van der Waals surface area contributed by atoms with E-state index in [1.165, 1.54) is 24.3 Å². The van der Waals surface area contributed by atoms with Gasteiger partial charge < -0.3 is 15.4 Å². The molecule has 148 valence electrons. The van der Waals surface area contributed by atoms with Crippen molar-refractivity contribution in [2.24, 2.45) is 11.3 Å². The number of nitrogens with zero attached hydrogens (tertiary/aromatic N) is 1. The predicted molar refractivity (Wildman–Crippen MR) is 100 cm³/mol. The lowest BCUT2D eigenvalue weighted by atomic mass is 9.53. The molecule has 1 fully saturated rings. The number of ether oxygens (including phenoxy) is 1. The van der Waals surface area contributed by atoms with E-state index in [2.05, 4.69) is 24.5 Å². The van der Waals surface area contributed by atoms with Crippen molar-refractivity contribution >= 4 is 17.5 Å². The van der Waals surface area contributed by atoms with Crippen LogP contribution in [-0.4, -0.2) is 42.5 Å². The standard InChI is InChI=1S/C19H27N3O5/c1-5-19(6-2)16(12(3)17(19)27-4)21-15(23)11-20-18(24)13-8-7-9-14(10-13)22(25)26/h7-10,12,16-17H,5-6,11H2,1-4H3,(H,20,24)(H,21,23). The zero-order valence-electron chi connectivity index (χ0n) is 16.2. The highest BCUT2D eigenvalue weighted by Crippen LogP contribution is 2.52. The van der Waals surface area contributed by atoms with Gasteiger partial charge in [-0.2, -0.15) is 0 Å². The molecule has 8 nitrogen and oxygen atoms in total. The summed E-state index contributed by atoms with van der Waals surface area (Å²) in [5.74, 6) is -0.625. The van der Waals surface area contributed by atoms with Crippen LogP contribution >= 0.6 is 0 Å². The van der Waals surface area contributed by atoms with E-state index in [0.717, 1.165) is 12.8 Å². The molecule has 1 aromatic carbocycles. The van der Waals surface area contributed by atoms with Crippen molar-refractivity contribution in [1.29, 1.82) is 0 Å². The molecule has 0 spiro atoms. The van der Waals surface area contributed by atoms with Crippen LogP contribution in [0.3, 0.4) is 0 Å². The first-order chi connectivity index (χ1) is 12.8. The minimum Gasteiger partial charge on any atom is -0.380 e. The summed E-state index contributed by atoms with van der Waals surface area (Å²) in [6, 6.07) is 5.38. The molecule has 8 heteroatoms. The molecule has 1 aliphatic carbocycles. The smallest absolute Gasteiger partial charge is 0.270 e. The molecule has 27 heavy (non-hydrogen) atoms. The number of non-ortho nitro benzene ring substituents is 1. The molecule has 1 aromatic rings. The minimum absolute atomic E-state index is 0.0142. The van der Waals surface area contributed by atoms with Crippen LogP contribution in [0.5, 0.6) is 0 Å². The van der Waals surface area contributed by atoms with Gasteiger partial charge in [-0.1, -0.05) is 26.8 Å². The molecule has 3 atom stereocenters. The van der Waals surface area contributed by atoms with Crippen molar-refractivity contribution in [2.75, 3.05) is 13.7 Å². The number of carbonyl (C=O) groups excluding carboxylic acids is 2. The number of methoxy groups -OCH3 is 1. The maximum Gasteiger partial charge on any atom is 0.270 e. The molecular weight excluding hydrogens is 350 g/mol. The van der Waals surface area contributed by atoms with Crippen LogP contribution in [0.2, 0.25) is 0 Å². The predicted octanol–water partition coefficient (Wildman–Crippen LogP) is 2.28. The Kier molecular flexibility index (Phi) is 6.54. The second kappa shape index (κ2) is 8.47. The topological polar surface area (TPSA) is 111 Å². The first kappa shape index (κ1) is 20.8. The first-order valence-electron chi connectivity index (χ1n) is 9.15. The average Bonchev–Trinajstić information content (AvgIpc) is 2.68. The molecule has 0 saturated heterocycles. The van der Waals surface area contributed by atoms with Crippen LogP contribution in [0.15, 0.2) is 24.3 Å². The average molecular weight is 377 g/mol. The van der Waals surface area contributed by atoms with Crippen molar-refractivity contribution in [3.8, 4) is 0 Å². The van der Waals surface area contributed by atoms with Crippen molar-refractivity contribution in [3.63, 3.8) is 0 Å². The Hall–Kier alpha value is -2.48. The molecule has 2 amide bonds. The Morgan fingerprint density at radius 2 is 1.96 bits per heavy atom. The van der Waals surface area contributed by atoms with Gasteiger partial charge in [-0.25, -0.2) is 0 Å². The van der Waals surface area contributed by atoms with Crippen LogP contribution in [0.1, 0.15) is 44.0 Å². The van der Waals surface area contributed by atoms with E-state index in [-0.39, 0.29) is 47.2 Å². The molecule has 2 rings (SSSR count). The molecule has 1 saturated carbocycles. The van der Waals surface area contributed by atoms with E-state index in [1.807, 2.05) is 6.92 Å². The summed E-state index contributed by atoms with van der Waals surface area (Å²) in [6.07, 6.45) is 1.87. The molecule has 1 aliphatic rings. The molecule has 0 aromatic heterocycles. The zero-order valence-corrected chi connectivity index (χ0v) is 16.2. The number of nitro groups is 1. The van der Waals surface area contributed by atoms with E-state index in [9.17, 15) is 19.7 Å². The van der Waals surface area contributed by atoms with Crippen LogP contribution in [0.25, 0.3) is 0 Å². The third-order valence-electron chi connectivity index (χ3n) is 5.80. The highest BCUT2D eigenvalue weighted by atomic mass is 16.6. The normalized spacial score (nSPS) is 23.2. The highest BCUT2D eigenvalue weighted by molar-refractivity contribution is 5.97. The van der Waals surface area contributed by atoms with E-state index >= 15 is 0 Å². The lowest BCUT2D eigenvalue weighted by Crippen LogP contribution is -2.70. The van der Waals surface area contributed by atoms with E-state index in [0.29, 0.717) is 0 Å². The number of rotatable bonds is 8. The number of hydrogen-bond acceptors (Lipinski definition) is 5. The molecule has 3 unspecified atom stereocenters. The monoisotopic (exact) mass is 377 g/mol. The molecule has 2 N–H and O–H groups in total. The zero-order chi connectivity index (χ0) is 20.2. The van der Waals surface area contributed by atoms with Crippen molar-refractivity contribution in [3.05, 3.63) is 39.9 Å². The number of hydrogen-bond donors (Lipinski definition) is 2. The maximum atomic E-state index is 12.3. The largest absolute Gasteiger partial charge is 0.380 e. The van der Waals surface area contributed by atoms with Crippen LogP contribution in [-0.2, 0) is 9.53 Å². The Morgan fingerprint density at radius 3 is 2.52 bits per heavy atom. The number of benzene rings is 1. The fourth-order valence-corrected chi connectivity index (χ4v) is 4.34. The Bertz CT molecular complexity index is 717. The van der Waals surface area contributed by atoms with Gasteiger partial charge in [0.25, 0.3) is 11.6 Å². The number of nitrogens with one attached hydrogen (secondary N) is 2. The number of amides is 2. The van der Waals surface area contributed by atoms with Gasteiger partial charge in [-0.3, -0.25) is 19.7 Å². The third kappa shape index (κ3) is 3.95. The van der Waals surface area contributed by atoms with Gasteiger partial charge in [0.2, 0.25) is 5.91 Å². The summed E-state index contributed by atoms with van der Waals surface area (Å²) in [7, 11) is 1.69. The second-order valence-corrected chi connectivity index (χ2v) is 6.99. The molecule has 0 aliphatic heterocycles. The molecule has 0 heterocycles. The lowest BCUT2D eigenvalue weighted by Gasteiger charge is -2.59. The maximum absolute atomic E-state index is 12.3. The van der Waals surface area contributed by atoms with Gasteiger partial charge in [0, 0.05) is 42.2 Å². The van der Waals surface area contributed by atoms with Gasteiger partial charge in [0.1, 0.15) is 0 Å². The van der Waals surface area contributed by atoms with Crippen LogP contribution in [0, 0.1) is 21.4 Å².